The Kier molecular flexibility index (Phi) is 12.0. The van der Waals surface area contributed by atoms with E-state index in [0.717, 1.165) is 23.9 Å². The molecule has 0 heterocycles. The average molecular weight is 319 g/mol. The summed E-state index contributed by atoms with van der Waals surface area (Å²) in [4.78, 5) is 2.28. The van der Waals surface area contributed by atoms with Gasteiger partial charge in [-0.05, 0) is 20.6 Å². The third-order valence-corrected chi connectivity index (χ3v) is 2.76. The first-order chi connectivity index (χ1) is 8.72. The fourth-order valence-electron chi connectivity index (χ4n) is 2.00. The first-order valence-corrected chi connectivity index (χ1v) is 10.4. The Hall–Kier alpha value is -0.0366. The van der Waals surface area contributed by atoms with Crippen LogP contribution in [0.15, 0.2) is 30.3 Å². The van der Waals surface area contributed by atoms with Crippen molar-refractivity contribution in [1.29, 1.82) is 0 Å². The molecule has 18 heavy (non-hydrogen) atoms. The zero-order valence-corrected chi connectivity index (χ0v) is 15.6. The molecule has 0 aromatic heterocycles. The summed E-state index contributed by atoms with van der Waals surface area (Å²) in [6, 6.07) is 10.7. The molecule has 0 amide bonds. The molecule has 0 fully saturated rings. The fraction of sp³-hybridized carbons (Fsp3) is 0.533. The maximum absolute atomic E-state index is 4.76. The first kappa shape index (κ1) is 18.0. The summed E-state index contributed by atoms with van der Waals surface area (Å²) in [6.07, 6.45) is 6.31. The van der Waals surface area contributed by atoms with E-state index in [-0.39, 0.29) is 0 Å². The van der Waals surface area contributed by atoms with E-state index in [2.05, 4.69) is 62.7 Å². The monoisotopic (exact) mass is 317 g/mol. The fourth-order valence-corrected chi connectivity index (χ4v) is 2.00. The molecule has 0 aliphatic heterocycles. The van der Waals surface area contributed by atoms with E-state index < -0.39 is 0 Å². The van der Waals surface area contributed by atoms with Crippen molar-refractivity contribution in [3.8, 4) is 0 Å². The summed E-state index contributed by atoms with van der Waals surface area (Å²) in [7, 11) is 9.07. The molecule has 0 saturated carbocycles. The predicted octanol–water partition coefficient (Wildman–Crippen LogP) is 4.29. The van der Waals surface area contributed by atoms with E-state index in [1.807, 2.05) is 0 Å². The summed E-state index contributed by atoms with van der Waals surface area (Å²) in [5, 5.41) is 0. The summed E-state index contributed by atoms with van der Waals surface area (Å²) in [5.41, 5.74) is 1.35. The molecule has 0 radical (unpaired) electrons. The Morgan fingerprint density at radius 2 is 1.83 bits per heavy atom. The van der Waals surface area contributed by atoms with Gasteiger partial charge in [0.2, 0.25) is 0 Å². The Balaban J connectivity index is 0.00000137. The molecule has 0 bridgehead atoms. The van der Waals surface area contributed by atoms with Crippen LogP contribution in [0.4, 0.5) is 0 Å². The van der Waals surface area contributed by atoms with Crippen molar-refractivity contribution in [1.82, 2.24) is 4.90 Å². The van der Waals surface area contributed by atoms with Crippen LogP contribution in [-0.2, 0) is 17.3 Å². The summed E-state index contributed by atoms with van der Waals surface area (Å²) >= 11 is 0.847. The number of rotatable bonds is 7. The standard InChI is InChI=1S/C15H24N.ClH.Zn/c1-4-5-9-15(13-16(2)3)12-14-10-7-6-8-11-14;;/h6-8,10-12,15H,4-5,9,13H2,1-3H3;1H;/q-1;;+2/p-1/t15-;;/m1../s1. The van der Waals surface area contributed by atoms with Crippen LogP contribution in [0.2, 0.25) is 0 Å². The second-order valence-corrected chi connectivity index (χ2v) is 4.74. The number of halogens is 1. The van der Waals surface area contributed by atoms with Gasteiger partial charge in [-0.25, -0.2) is 0 Å². The van der Waals surface area contributed by atoms with E-state index >= 15 is 0 Å². The van der Waals surface area contributed by atoms with Crippen molar-refractivity contribution in [2.75, 3.05) is 20.6 Å². The minimum absolute atomic E-state index is 0.678. The van der Waals surface area contributed by atoms with Crippen molar-refractivity contribution >= 4 is 9.69 Å². The van der Waals surface area contributed by atoms with E-state index in [1.54, 1.807) is 0 Å². The van der Waals surface area contributed by atoms with Gasteiger partial charge in [-0.3, -0.25) is 0 Å². The molecule has 0 aliphatic rings. The second kappa shape index (κ2) is 12.0. The van der Waals surface area contributed by atoms with Gasteiger partial charge in [-0.15, -0.1) is 12.1 Å². The van der Waals surface area contributed by atoms with Gasteiger partial charge >= 0.3 is 27.0 Å². The molecule has 1 aromatic carbocycles. The van der Waals surface area contributed by atoms with Gasteiger partial charge in [0.05, 0.1) is 0 Å². The van der Waals surface area contributed by atoms with Crippen LogP contribution in [0, 0.1) is 12.3 Å². The van der Waals surface area contributed by atoms with Gasteiger partial charge in [0.1, 0.15) is 0 Å². The molecule has 0 unspecified atom stereocenters. The molecule has 3 heteroatoms. The third-order valence-electron chi connectivity index (χ3n) is 2.76. The van der Waals surface area contributed by atoms with Gasteiger partial charge in [0.25, 0.3) is 0 Å². The molecule has 98 valence electrons. The van der Waals surface area contributed by atoms with E-state index in [0.29, 0.717) is 5.92 Å². The van der Waals surface area contributed by atoms with Crippen LogP contribution in [-0.4, -0.2) is 25.5 Å². The number of nitrogens with zero attached hydrogens (tertiary/aromatic N) is 1. The quantitative estimate of drug-likeness (QED) is 0.535. The van der Waals surface area contributed by atoms with Crippen molar-refractivity contribution in [3.05, 3.63) is 42.3 Å². The van der Waals surface area contributed by atoms with Gasteiger partial charge in [-0.1, -0.05) is 38.2 Å². The van der Waals surface area contributed by atoms with Crippen molar-refractivity contribution < 1.29 is 17.3 Å². The number of unbranched alkanes of at least 4 members (excludes halogenated alkanes) is 1. The van der Waals surface area contributed by atoms with E-state index in [4.69, 9.17) is 9.69 Å². The minimum atomic E-state index is 0.678. The number of benzene rings is 1. The zero-order chi connectivity index (χ0) is 13.8. The maximum atomic E-state index is 4.76. The second-order valence-electron chi connectivity index (χ2n) is 4.74. The van der Waals surface area contributed by atoms with Crippen LogP contribution in [0.1, 0.15) is 31.7 Å². The molecule has 0 aliphatic carbocycles. The molecule has 0 N–H and O–H groups in total. The normalized spacial score (nSPS) is 11.7. The molecule has 0 spiro atoms. The van der Waals surface area contributed by atoms with Crippen LogP contribution in [0.3, 0.4) is 0 Å². The SMILES string of the molecule is CCCC[C@H]([CH-]c1ccccc1)CN(C)C.[Cl][Zn+]. The van der Waals surface area contributed by atoms with Crippen LogP contribution < -0.4 is 0 Å². The Morgan fingerprint density at radius 1 is 1.22 bits per heavy atom. The van der Waals surface area contributed by atoms with Gasteiger partial charge in [-0.2, -0.15) is 24.1 Å². The topological polar surface area (TPSA) is 3.24 Å². The summed E-state index contributed by atoms with van der Waals surface area (Å²) < 4.78 is 0. The van der Waals surface area contributed by atoms with E-state index in [1.165, 1.54) is 24.8 Å². The van der Waals surface area contributed by atoms with Crippen molar-refractivity contribution in [2.24, 2.45) is 5.92 Å². The van der Waals surface area contributed by atoms with E-state index in [9.17, 15) is 0 Å². The average Bonchev–Trinajstić information content (AvgIpc) is 2.39. The van der Waals surface area contributed by atoms with Gasteiger partial charge < -0.3 is 4.90 Å². The molecule has 1 nitrogen and oxygen atoms in total. The molecule has 0 saturated heterocycles. The number of hydrogen-bond donors (Lipinski definition) is 0. The third kappa shape index (κ3) is 8.97. The Labute approximate surface area is 127 Å². The molecular weight excluding hydrogens is 295 g/mol. The van der Waals surface area contributed by atoms with Crippen LogP contribution in [0.5, 0.6) is 0 Å². The zero-order valence-electron chi connectivity index (χ0n) is 11.9. The summed E-state index contributed by atoms with van der Waals surface area (Å²) in [5.74, 6) is 0.678. The Morgan fingerprint density at radius 3 is 2.33 bits per heavy atom. The van der Waals surface area contributed by atoms with Crippen molar-refractivity contribution in [3.63, 3.8) is 0 Å². The van der Waals surface area contributed by atoms with Crippen molar-refractivity contribution in [2.45, 2.75) is 26.2 Å². The van der Waals surface area contributed by atoms with Gasteiger partial charge in [0.15, 0.2) is 0 Å². The predicted molar refractivity (Wildman–Crippen MR) is 77.3 cm³/mol. The molecular formula is C15H24ClNZn. The molecule has 1 rings (SSSR count). The van der Waals surface area contributed by atoms with Crippen LogP contribution in [0.25, 0.3) is 0 Å². The summed E-state index contributed by atoms with van der Waals surface area (Å²) in [6.45, 7) is 3.41. The Bertz CT molecular complexity index is 277. The molecule has 1 atom stereocenters. The van der Waals surface area contributed by atoms with Crippen LogP contribution >= 0.6 is 9.69 Å². The molecule has 1 aromatic rings. The first-order valence-electron chi connectivity index (χ1n) is 6.53. The van der Waals surface area contributed by atoms with Gasteiger partial charge in [0, 0.05) is 0 Å². The number of hydrogen-bond acceptors (Lipinski definition) is 1.